The smallest absolute Gasteiger partial charge is 0.228 e. The standard InChI is InChI=1S/C10H13Cl2N9S2/c11-5-16-7(13)20-9(18-5)22-3-1-15-2-4-23-10-19-6(12)17-8(14)21-10/h15H,1-4H2,(H2,13,16,18,20)(H2,14,17,19,21)/i/hD2. The monoisotopic (exact) mass is 395 g/mol. The molecule has 0 radical (unpaired) electrons. The van der Waals surface area contributed by atoms with Crippen LogP contribution in [-0.2, 0) is 0 Å². The quantitative estimate of drug-likeness (QED) is 0.391. The summed E-state index contributed by atoms with van der Waals surface area (Å²) in [5.41, 5.74) is 4.17. The van der Waals surface area contributed by atoms with E-state index in [0.29, 0.717) is 10.3 Å². The Kier molecular flexibility index (Phi) is 6.18. The Labute approximate surface area is 153 Å². The molecule has 2 rings (SSSR count). The summed E-state index contributed by atoms with van der Waals surface area (Å²) < 4.78 is 14.0. The number of nitrogen functional groups attached to an aromatic ring is 2. The summed E-state index contributed by atoms with van der Waals surface area (Å²) in [6, 6.07) is 0. The van der Waals surface area contributed by atoms with Crippen LogP contribution in [0.5, 0.6) is 0 Å². The molecule has 0 unspecified atom stereocenters. The minimum atomic E-state index is 0.0501. The Bertz CT molecular complexity index is 642. The Balaban J connectivity index is 1.64. The van der Waals surface area contributed by atoms with Gasteiger partial charge in [0.2, 0.25) is 22.5 Å². The van der Waals surface area contributed by atoms with Gasteiger partial charge in [0, 0.05) is 24.6 Å². The van der Waals surface area contributed by atoms with Crippen LogP contribution in [0.15, 0.2) is 10.3 Å². The molecule has 0 saturated heterocycles. The third-order valence-corrected chi connectivity index (χ3v) is 4.23. The summed E-state index contributed by atoms with van der Waals surface area (Å²) in [6.45, 7) is 1.46. The molecule has 2 aromatic heterocycles. The highest BCUT2D eigenvalue weighted by Crippen LogP contribution is 2.16. The number of hydrogen-bond acceptors (Lipinski definition) is 11. The Morgan fingerprint density at radius 3 is 1.74 bits per heavy atom. The second kappa shape index (κ2) is 9.23. The van der Waals surface area contributed by atoms with Crippen molar-refractivity contribution < 1.29 is 2.82 Å². The van der Waals surface area contributed by atoms with Crippen LogP contribution >= 0.6 is 46.7 Å². The number of aromatic nitrogens is 6. The van der Waals surface area contributed by atoms with Crippen molar-refractivity contribution in [2.75, 3.05) is 36.0 Å². The maximum absolute atomic E-state index is 7.01. The number of anilines is 2. The lowest BCUT2D eigenvalue weighted by molar-refractivity contribution is 0.771. The van der Waals surface area contributed by atoms with Crippen molar-refractivity contribution >= 4 is 58.6 Å². The molecule has 0 aliphatic rings. The van der Waals surface area contributed by atoms with Gasteiger partial charge >= 0.3 is 0 Å². The number of nitrogens with two attached hydrogens (primary N) is 2. The van der Waals surface area contributed by atoms with Gasteiger partial charge in [-0.25, -0.2) is 0 Å². The molecular formula is C10H13Cl2N9S2. The molecule has 0 bridgehead atoms. The third kappa shape index (κ3) is 6.87. The van der Waals surface area contributed by atoms with Crippen molar-refractivity contribution in [3.8, 4) is 0 Å². The molecule has 9 nitrogen and oxygen atoms in total. The maximum atomic E-state index is 7.01. The molecule has 2 aromatic rings. The topological polar surface area (TPSA) is 141 Å². The third-order valence-electron chi connectivity index (χ3n) is 2.20. The number of thioether (sulfide) groups is 2. The molecule has 0 fully saturated rings. The van der Waals surface area contributed by atoms with E-state index in [9.17, 15) is 0 Å². The van der Waals surface area contributed by atoms with Crippen molar-refractivity contribution in [2.45, 2.75) is 10.3 Å². The summed E-state index contributed by atoms with van der Waals surface area (Å²) in [5.74, 6) is 1.69. The number of halogens is 2. The SMILES string of the molecule is [2H]Nc1nc(Cl)nc(SCCNCCSc2nc(Cl)nc(N[2H])n2)n1. The molecule has 0 aromatic carbocycles. The fourth-order valence-electron chi connectivity index (χ4n) is 1.35. The van der Waals surface area contributed by atoms with E-state index in [2.05, 4.69) is 46.7 Å². The fraction of sp³-hybridized carbons (Fsp3) is 0.400. The van der Waals surface area contributed by atoms with Crippen LogP contribution in [0, 0.1) is 0 Å². The van der Waals surface area contributed by atoms with Gasteiger partial charge in [-0.2, -0.15) is 29.9 Å². The van der Waals surface area contributed by atoms with Crippen LogP contribution < -0.4 is 16.8 Å². The lowest BCUT2D eigenvalue weighted by Crippen LogP contribution is -2.20. The minimum absolute atomic E-state index is 0.0501. The molecule has 124 valence electrons. The van der Waals surface area contributed by atoms with Crippen LogP contribution in [0.4, 0.5) is 11.9 Å². The van der Waals surface area contributed by atoms with Crippen LogP contribution in [0.1, 0.15) is 0 Å². The zero-order valence-electron chi connectivity index (χ0n) is 13.6. The predicted molar refractivity (Wildman–Crippen MR) is 92.8 cm³/mol. The lowest BCUT2D eigenvalue weighted by atomic mass is 10.7. The van der Waals surface area contributed by atoms with Gasteiger partial charge in [-0.15, -0.1) is 0 Å². The summed E-state index contributed by atoms with van der Waals surface area (Å²) in [6.07, 6.45) is 0. The number of rotatable bonds is 10. The first-order chi connectivity index (χ1) is 12.1. The molecule has 0 spiro atoms. The molecular weight excluding hydrogens is 381 g/mol. The van der Waals surface area contributed by atoms with E-state index in [-0.39, 0.29) is 22.5 Å². The molecule has 0 aliphatic carbocycles. The van der Waals surface area contributed by atoms with Gasteiger partial charge < -0.3 is 16.8 Å². The van der Waals surface area contributed by atoms with E-state index in [1.54, 1.807) is 0 Å². The first-order valence-corrected chi connectivity index (χ1v) is 8.98. The highest BCUT2D eigenvalue weighted by Gasteiger charge is 2.04. The molecule has 0 amide bonds. The molecule has 2 heterocycles. The van der Waals surface area contributed by atoms with E-state index in [1.165, 1.54) is 23.5 Å². The van der Waals surface area contributed by atoms with E-state index in [4.69, 9.17) is 26.0 Å². The second-order valence-corrected chi connectivity index (χ2v) is 6.67. The van der Waals surface area contributed by atoms with Gasteiger partial charge in [-0.1, -0.05) is 23.5 Å². The van der Waals surface area contributed by atoms with Crippen molar-refractivity contribution in [2.24, 2.45) is 0 Å². The zero-order valence-corrected chi connectivity index (χ0v) is 14.7. The summed E-state index contributed by atoms with van der Waals surface area (Å²) in [7, 11) is 0. The largest absolute Gasteiger partial charge is 0.368 e. The predicted octanol–water partition coefficient (Wildman–Crippen LogP) is 1.00. The first kappa shape index (κ1) is 15.4. The van der Waals surface area contributed by atoms with Crippen molar-refractivity contribution in [1.29, 1.82) is 0 Å². The molecule has 5 N–H and O–H groups in total. The van der Waals surface area contributed by atoms with Crippen molar-refractivity contribution in [3.05, 3.63) is 10.6 Å². The second-order valence-electron chi connectivity index (χ2n) is 3.87. The van der Waals surface area contributed by atoms with E-state index in [1.807, 2.05) is 0 Å². The van der Waals surface area contributed by atoms with Gasteiger partial charge in [-0.05, 0) is 23.2 Å². The maximum Gasteiger partial charge on any atom is 0.228 e. The molecule has 23 heavy (non-hydrogen) atoms. The average Bonchev–Trinajstić information content (AvgIpc) is 2.59. The fourth-order valence-corrected chi connectivity index (χ4v) is 3.23. The van der Waals surface area contributed by atoms with E-state index in [0.717, 1.165) is 24.6 Å². The van der Waals surface area contributed by atoms with Crippen molar-refractivity contribution in [3.63, 3.8) is 0 Å². The highest BCUT2D eigenvalue weighted by molar-refractivity contribution is 7.99. The van der Waals surface area contributed by atoms with Gasteiger partial charge in [0.25, 0.3) is 0 Å². The summed E-state index contributed by atoms with van der Waals surface area (Å²) >= 11 is 14.3. The van der Waals surface area contributed by atoms with Gasteiger partial charge in [0.1, 0.15) is 0 Å². The molecule has 0 saturated carbocycles. The zero-order chi connectivity index (χ0) is 18.1. The van der Waals surface area contributed by atoms with Crippen LogP contribution in [-0.4, -0.2) is 54.5 Å². The first-order valence-electron chi connectivity index (χ1n) is 7.25. The number of hydrogen-bond donors (Lipinski definition) is 3. The molecule has 0 atom stereocenters. The lowest BCUT2D eigenvalue weighted by Gasteiger charge is -2.04. The van der Waals surface area contributed by atoms with Crippen LogP contribution in [0.25, 0.3) is 0 Å². The normalized spacial score (nSPS) is 11.7. The molecule has 0 aliphatic heterocycles. The number of nitrogens with one attached hydrogen (secondary N) is 1. The summed E-state index contributed by atoms with van der Waals surface area (Å²) in [4.78, 5) is 23.5. The van der Waals surface area contributed by atoms with Gasteiger partial charge in [0.15, 0.2) is 13.1 Å². The van der Waals surface area contributed by atoms with Crippen LogP contribution in [0.2, 0.25) is 13.4 Å². The minimum Gasteiger partial charge on any atom is -0.368 e. The Morgan fingerprint density at radius 2 is 1.30 bits per heavy atom. The highest BCUT2D eigenvalue weighted by atomic mass is 35.5. The summed E-state index contributed by atoms with van der Waals surface area (Å²) in [5, 5.41) is 4.28. The van der Waals surface area contributed by atoms with E-state index < -0.39 is 0 Å². The Morgan fingerprint density at radius 1 is 0.826 bits per heavy atom. The van der Waals surface area contributed by atoms with E-state index >= 15 is 0 Å². The Hall–Kier alpha value is -1.14. The number of nitrogens with zero attached hydrogens (tertiary/aromatic N) is 6. The van der Waals surface area contributed by atoms with Gasteiger partial charge in [0.05, 0.1) is 0 Å². The van der Waals surface area contributed by atoms with Crippen molar-refractivity contribution in [1.82, 2.24) is 35.2 Å². The van der Waals surface area contributed by atoms with Crippen LogP contribution in [0.3, 0.4) is 0 Å². The average molecular weight is 396 g/mol. The van der Waals surface area contributed by atoms with Gasteiger partial charge in [-0.3, -0.25) is 0 Å². The molecule has 13 heteroatoms.